The quantitative estimate of drug-likeness (QED) is 0.311. The van der Waals surface area contributed by atoms with Gasteiger partial charge in [0.1, 0.15) is 18.4 Å². The smallest absolute Gasteiger partial charge is 0.264 e. The van der Waals surface area contributed by atoms with Gasteiger partial charge in [-0.3, -0.25) is 13.9 Å². The number of sulfonamides is 1. The molecule has 0 fully saturated rings. The minimum absolute atomic E-state index is 0.0582. The Morgan fingerprint density at radius 3 is 2.13 bits per heavy atom. The number of rotatable bonds is 11. The Bertz CT molecular complexity index is 1400. The van der Waals surface area contributed by atoms with E-state index < -0.39 is 40.2 Å². The lowest BCUT2D eigenvalue weighted by atomic mass is 10.1. The van der Waals surface area contributed by atoms with Crippen LogP contribution in [0.3, 0.4) is 0 Å². The lowest BCUT2D eigenvalue weighted by Gasteiger charge is -2.32. The highest BCUT2D eigenvalue weighted by atomic mass is 35.5. The number of anilines is 1. The van der Waals surface area contributed by atoms with Crippen molar-refractivity contribution in [3.63, 3.8) is 0 Å². The Balaban J connectivity index is 2.06. The summed E-state index contributed by atoms with van der Waals surface area (Å²) in [5.41, 5.74) is 0.240. The highest BCUT2D eigenvalue weighted by Gasteiger charge is 2.33. The van der Waals surface area contributed by atoms with Gasteiger partial charge >= 0.3 is 0 Å². The zero-order valence-electron chi connectivity index (χ0n) is 21.8. The van der Waals surface area contributed by atoms with E-state index in [-0.39, 0.29) is 38.8 Å². The molecule has 0 spiro atoms. The van der Waals surface area contributed by atoms with Crippen LogP contribution in [-0.2, 0) is 26.2 Å². The number of amides is 2. The Labute approximate surface area is 238 Å². The molecule has 2 amide bonds. The van der Waals surface area contributed by atoms with Crippen LogP contribution in [0.1, 0.15) is 32.8 Å². The fraction of sp³-hybridized carbons (Fsp3) is 0.286. The minimum atomic E-state index is -4.27. The van der Waals surface area contributed by atoms with Crippen molar-refractivity contribution >= 4 is 50.7 Å². The topological polar surface area (TPSA) is 86.8 Å². The molecular formula is C28H30Cl2FN3O4S. The van der Waals surface area contributed by atoms with Crippen molar-refractivity contribution in [3.05, 3.63) is 94.2 Å². The summed E-state index contributed by atoms with van der Waals surface area (Å²) < 4.78 is 43.0. The predicted octanol–water partition coefficient (Wildman–Crippen LogP) is 5.66. The summed E-state index contributed by atoms with van der Waals surface area (Å²) >= 11 is 12.3. The molecule has 0 aliphatic carbocycles. The van der Waals surface area contributed by atoms with Crippen LogP contribution >= 0.6 is 23.2 Å². The Morgan fingerprint density at radius 1 is 0.949 bits per heavy atom. The number of nitrogens with one attached hydrogen (secondary N) is 1. The second-order valence-corrected chi connectivity index (χ2v) is 11.8. The van der Waals surface area contributed by atoms with Gasteiger partial charge < -0.3 is 10.2 Å². The van der Waals surface area contributed by atoms with Gasteiger partial charge in [0.15, 0.2) is 0 Å². The lowest BCUT2D eigenvalue weighted by molar-refractivity contribution is -0.139. The Hall–Kier alpha value is -3.14. The first-order chi connectivity index (χ1) is 18.4. The summed E-state index contributed by atoms with van der Waals surface area (Å²) in [6.45, 7) is 4.30. The van der Waals surface area contributed by atoms with E-state index >= 15 is 0 Å². The molecule has 0 heterocycles. The summed E-state index contributed by atoms with van der Waals surface area (Å²) in [5.74, 6) is -1.72. The van der Waals surface area contributed by atoms with Crippen molar-refractivity contribution in [2.24, 2.45) is 0 Å². The van der Waals surface area contributed by atoms with Gasteiger partial charge in [-0.25, -0.2) is 12.8 Å². The van der Waals surface area contributed by atoms with Crippen molar-refractivity contribution in [2.45, 2.75) is 50.7 Å². The molecule has 3 aromatic carbocycles. The fourth-order valence-electron chi connectivity index (χ4n) is 3.79. The minimum Gasteiger partial charge on any atom is -0.352 e. The first-order valence-electron chi connectivity index (χ1n) is 12.3. The maximum Gasteiger partial charge on any atom is 0.264 e. The van der Waals surface area contributed by atoms with Crippen molar-refractivity contribution < 1.29 is 22.4 Å². The number of hydrogen-bond acceptors (Lipinski definition) is 4. The number of carbonyl (C=O) groups is 2. The largest absolute Gasteiger partial charge is 0.352 e. The first kappa shape index (κ1) is 30.4. The Kier molecular flexibility index (Phi) is 10.4. The molecule has 0 radical (unpaired) electrons. The van der Waals surface area contributed by atoms with E-state index in [9.17, 15) is 22.4 Å². The molecule has 39 heavy (non-hydrogen) atoms. The fourth-order valence-corrected chi connectivity index (χ4v) is 5.72. The van der Waals surface area contributed by atoms with Crippen LogP contribution < -0.4 is 9.62 Å². The van der Waals surface area contributed by atoms with Crippen molar-refractivity contribution in [1.82, 2.24) is 10.2 Å². The molecular weight excluding hydrogens is 564 g/mol. The predicted molar refractivity (Wildman–Crippen MR) is 152 cm³/mol. The first-order valence-corrected chi connectivity index (χ1v) is 14.5. The normalized spacial score (nSPS) is 12.9. The molecule has 0 saturated heterocycles. The van der Waals surface area contributed by atoms with Crippen LogP contribution in [0, 0.1) is 5.82 Å². The van der Waals surface area contributed by atoms with Crippen LogP contribution in [-0.4, -0.2) is 43.8 Å². The van der Waals surface area contributed by atoms with Gasteiger partial charge in [-0.15, -0.1) is 0 Å². The zero-order valence-corrected chi connectivity index (χ0v) is 24.1. The van der Waals surface area contributed by atoms with Gasteiger partial charge in [0.25, 0.3) is 10.0 Å². The standard InChI is InChI=1S/C28H30Cl2FN3O4S/c1-4-19(2)32-28(36)20(3)33(17-21-10-8-9-13-26(21)31)27(35)18-34(24-15-22(29)14-23(30)16-24)39(37,38)25-11-6-5-7-12-25/h5-16,19-20H,4,17-18H2,1-3H3,(H,32,36)/t19-,20+/m0/s1. The van der Waals surface area contributed by atoms with Crippen molar-refractivity contribution in [3.8, 4) is 0 Å². The zero-order chi connectivity index (χ0) is 28.7. The molecule has 1 N–H and O–H groups in total. The van der Waals surface area contributed by atoms with Gasteiger partial charge in [0, 0.05) is 28.2 Å². The van der Waals surface area contributed by atoms with E-state index in [2.05, 4.69) is 5.32 Å². The van der Waals surface area contributed by atoms with Crippen LogP contribution in [0.25, 0.3) is 0 Å². The van der Waals surface area contributed by atoms with E-state index in [4.69, 9.17) is 23.2 Å². The van der Waals surface area contributed by atoms with Gasteiger partial charge in [-0.2, -0.15) is 0 Å². The molecule has 2 atom stereocenters. The molecule has 3 aromatic rings. The van der Waals surface area contributed by atoms with E-state index in [0.717, 1.165) is 9.21 Å². The van der Waals surface area contributed by atoms with Crippen LogP contribution in [0.4, 0.5) is 10.1 Å². The van der Waals surface area contributed by atoms with Crippen molar-refractivity contribution in [2.75, 3.05) is 10.8 Å². The number of benzene rings is 3. The summed E-state index contributed by atoms with van der Waals surface area (Å²) in [7, 11) is -4.27. The third-order valence-electron chi connectivity index (χ3n) is 6.21. The second kappa shape index (κ2) is 13.3. The number of hydrogen-bond donors (Lipinski definition) is 1. The maximum absolute atomic E-state index is 14.6. The summed E-state index contributed by atoms with van der Waals surface area (Å²) in [6, 6.07) is 16.5. The molecule has 11 heteroatoms. The molecule has 0 saturated carbocycles. The molecule has 0 bridgehead atoms. The van der Waals surface area contributed by atoms with Crippen LogP contribution in [0.5, 0.6) is 0 Å². The maximum atomic E-state index is 14.6. The average Bonchev–Trinajstić information content (AvgIpc) is 2.90. The third-order valence-corrected chi connectivity index (χ3v) is 8.44. The van der Waals surface area contributed by atoms with Gasteiger partial charge in [0.05, 0.1) is 10.6 Å². The van der Waals surface area contributed by atoms with Crippen LogP contribution in [0.15, 0.2) is 77.7 Å². The number of nitrogens with zero attached hydrogens (tertiary/aromatic N) is 2. The van der Waals surface area contributed by atoms with Gasteiger partial charge in [-0.05, 0) is 56.7 Å². The lowest BCUT2D eigenvalue weighted by Crippen LogP contribution is -2.52. The number of carbonyl (C=O) groups excluding carboxylic acids is 2. The SMILES string of the molecule is CC[C@H](C)NC(=O)[C@@H](C)N(Cc1ccccc1F)C(=O)CN(c1cc(Cl)cc(Cl)c1)S(=O)(=O)c1ccccc1. The van der Waals surface area contributed by atoms with E-state index in [0.29, 0.717) is 6.42 Å². The number of halogens is 3. The van der Waals surface area contributed by atoms with E-state index in [1.54, 1.807) is 24.3 Å². The van der Waals surface area contributed by atoms with Gasteiger partial charge in [0.2, 0.25) is 11.8 Å². The van der Waals surface area contributed by atoms with Crippen molar-refractivity contribution in [1.29, 1.82) is 0 Å². The molecule has 208 valence electrons. The summed E-state index contributed by atoms with van der Waals surface area (Å²) in [5, 5.41) is 3.17. The van der Waals surface area contributed by atoms with E-state index in [1.807, 2.05) is 13.8 Å². The molecule has 0 unspecified atom stereocenters. The Morgan fingerprint density at radius 2 is 1.54 bits per heavy atom. The highest BCUT2D eigenvalue weighted by molar-refractivity contribution is 7.92. The molecule has 0 aliphatic rings. The molecule has 0 aliphatic heterocycles. The van der Waals surface area contributed by atoms with Crippen LogP contribution in [0.2, 0.25) is 10.0 Å². The molecule has 7 nitrogen and oxygen atoms in total. The summed E-state index contributed by atoms with van der Waals surface area (Å²) in [6.07, 6.45) is 0.665. The second-order valence-electron chi connectivity index (χ2n) is 9.06. The van der Waals surface area contributed by atoms with Gasteiger partial charge in [-0.1, -0.05) is 66.5 Å². The third kappa shape index (κ3) is 7.71. The highest BCUT2D eigenvalue weighted by Crippen LogP contribution is 2.30. The summed E-state index contributed by atoms with van der Waals surface area (Å²) in [4.78, 5) is 28.0. The van der Waals surface area contributed by atoms with E-state index in [1.165, 1.54) is 55.5 Å². The average molecular weight is 595 g/mol. The molecule has 3 rings (SSSR count). The molecule has 0 aromatic heterocycles. The monoisotopic (exact) mass is 593 g/mol.